The second kappa shape index (κ2) is 8.08. The fourth-order valence-electron chi connectivity index (χ4n) is 2.78. The standard InChI is InChI=1S/C16H15O.Li.H3O4P/c1-11-9-12(2)16(13(3)15(11)10-17)14-7-5-4-6-8-14;;1-5(2,3)4/h4-9H,1-3H3;;(H3,1,2,3,4). The van der Waals surface area contributed by atoms with Gasteiger partial charge in [0.05, 0.1) is 0 Å². The van der Waals surface area contributed by atoms with Crippen molar-refractivity contribution in [3.8, 4) is 11.1 Å². The summed E-state index contributed by atoms with van der Waals surface area (Å²) in [5.74, 6) is 0. The monoisotopic (exact) mass is 328 g/mol. The first-order chi connectivity index (χ1) is 10.5. The average molecular weight is 328 g/mol. The molecule has 0 aliphatic rings. The van der Waals surface area contributed by atoms with Crippen molar-refractivity contribution in [2.75, 3.05) is 0 Å². The van der Waals surface area contributed by atoms with E-state index < -0.39 is 7.82 Å². The second-order valence-electron chi connectivity index (χ2n) is 5.32. The number of benzene rings is 2. The van der Waals surface area contributed by atoms with Crippen LogP contribution in [0.2, 0.25) is 0 Å². The van der Waals surface area contributed by atoms with Crippen LogP contribution in [0.5, 0.6) is 0 Å². The van der Waals surface area contributed by atoms with Crippen molar-refractivity contribution in [2.24, 2.45) is 0 Å². The van der Waals surface area contributed by atoms with E-state index in [0.29, 0.717) is 0 Å². The molecule has 0 radical (unpaired) electrons. The van der Waals surface area contributed by atoms with E-state index >= 15 is 0 Å². The molecule has 0 unspecified atom stereocenters. The summed E-state index contributed by atoms with van der Waals surface area (Å²) in [4.78, 5) is 33.3. The van der Waals surface area contributed by atoms with Crippen LogP contribution < -0.4 is 0 Å². The molecule has 118 valence electrons. The minimum atomic E-state index is -4.64. The van der Waals surface area contributed by atoms with Gasteiger partial charge in [0.2, 0.25) is 0 Å². The van der Waals surface area contributed by atoms with Crippen molar-refractivity contribution in [1.82, 2.24) is 0 Å². The quantitative estimate of drug-likeness (QED) is 0.582. The Labute approximate surface area is 144 Å². The van der Waals surface area contributed by atoms with Gasteiger partial charge in [-0.15, -0.1) is 0 Å². The Morgan fingerprint density at radius 3 is 1.91 bits per heavy atom. The Kier molecular flexibility index (Phi) is 6.97. The van der Waals surface area contributed by atoms with E-state index in [1.807, 2.05) is 32.0 Å². The van der Waals surface area contributed by atoms with Crippen LogP contribution in [0.25, 0.3) is 11.1 Å². The molecule has 0 bridgehead atoms. The van der Waals surface area contributed by atoms with Gasteiger partial charge in [-0.1, -0.05) is 0 Å². The van der Waals surface area contributed by atoms with Gasteiger partial charge in [-0.25, -0.2) is 4.57 Å². The van der Waals surface area contributed by atoms with Gasteiger partial charge >= 0.3 is 125 Å². The van der Waals surface area contributed by atoms with E-state index in [-0.39, 0.29) is 4.46 Å². The Bertz CT molecular complexity index is 745. The summed E-state index contributed by atoms with van der Waals surface area (Å²) in [6, 6.07) is 12.4. The van der Waals surface area contributed by atoms with Gasteiger partial charge < -0.3 is 14.7 Å². The first kappa shape index (κ1) is 19.9. The number of phosphoric acid groups is 1. The van der Waals surface area contributed by atoms with E-state index in [0.717, 1.165) is 16.7 Å². The van der Waals surface area contributed by atoms with Crippen molar-refractivity contribution in [3.63, 3.8) is 0 Å². The molecule has 0 amide bonds. The van der Waals surface area contributed by atoms with E-state index in [1.54, 1.807) is 17.7 Å². The SMILES string of the molecule is O=P(O)(O)O.[Li][C](=O)c1c(C)cc(C)c(-c2ccccc2)c1C. The van der Waals surface area contributed by atoms with Crippen LogP contribution in [0, 0.1) is 20.8 Å². The normalized spacial score (nSPS) is 10.8. The van der Waals surface area contributed by atoms with Crippen molar-refractivity contribution in [2.45, 2.75) is 20.8 Å². The molecular formula is C16H18LiO5P. The molecule has 3 N–H and O–H groups in total. The van der Waals surface area contributed by atoms with Gasteiger partial charge in [0, 0.05) is 0 Å². The molecule has 0 fully saturated rings. The van der Waals surface area contributed by atoms with Crippen LogP contribution in [0.15, 0.2) is 36.4 Å². The number of hydrogen-bond acceptors (Lipinski definition) is 2. The Hall–Kier alpha value is -1.18. The van der Waals surface area contributed by atoms with Crippen LogP contribution in [0.4, 0.5) is 0 Å². The molecule has 2 rings (SSSR count). The van der Waals surface area contributed by atoms with Gasteiger partial charge in [-0.3, -0.25) is 0 Å². The average Bonchev–Trinajstić information content (AvgIpc) is 2.36. The molecule has 0 aliphatic heterocycles. The number of rotatable bonds is 2. The Morgan fingerprint density at radius 1 is 1.00 bits per heavy atom. The maximum absolute atomic E-state index is 11.8. The van der Waals surface area contributed by atoms with Gasteiger partial charge in [0.15, 0.2) is 0 Å². The maximum atomic E-state index is 11.8. The topological polar surface area (TPSA) is 94.8 Å². The molecule has 0 aliphatic carbocycles. The number of carbonyl (C=O) groups excluding carboxylic acids is 1. The number of aryl methyl sites for hydroxylation is 2. The number of carbonyl (C=O) groups is 1. The first-order valence-corrected chi connectivity index (χ1v) is 8.54. The summed E-state index contributed by atoms with van der Waals surface area (Å²) in [7, 11) is -4.64. The summed E-state index contributed by atoms with van der Waals surface area (Å²) in [6.45, 7) is 6.15. The molecule has 7 heteroatoms. The zero-order chi connectivity index (χ0) is 17.8. The third-order valence-electron chi connectivity index (χ3n) is 3.39. The van der Waals surface area contributed by atoms with Crippen LogP contribution in [-0.4, -0.2) is 36.9 Å². The molecular weight excluding hydrogens is 310 g/mol. The van der Waals surface area contributed by atoms with Crippen molar-refractivity contribution >= 4 is 30.0 Å². The minimum absolute atomic E-state index is 0.141. The van der Waals surface area contributed by atoms with Gasteiger partial charge in [0.25, 0.3) is 0 Å². The summed E-state index contributed by atoms with van der Waals surface area (Å²) < 4.78 is 9.02. The molecule has 2 aromatic rings. The molecule has 0 aromatic heterocycles. The third kappa shape index (κ3) is 6.08. The summed E-state index contributed by atoms with van der Waals surface area (Å²) in [6.07, 6.45) is 0. The van der Waals surface area contributed by atoms with Gasteiger partial charge in [0.1, 0.15) is 0 Å². The Morgan fingerprint density at radius 2 is 1.48 bits per heavy atom. The zero-order valence-corrected chi connectivity index (χ0v) is 14.5. The Balaban J connectivity index is 0.000000463. The fraction of sp³-hybridized carbons (Fsp3) is 0.188. The van der Waals surface area contributed by atoms with E-state index in [2.05, 4.69) is 25.1 Å². The molecule has 0 spiro atoms. The van der Waals surface area contributed by atoms with E-state index in [1.165, 1.54) is 16.7 Å². The predicted molar refractivity (Wildman–Crippen MR) is 90.4 cm³/mol. The van der Waals surface area contributed by atoms with Crippen molar-refractivity contribution in [3.05, 3.63) is 58.7 Å². The first-order valence-electron chi connectivity index (χ1n) is 6.97. The molecule has 0 atom stereocenters. The van der Waals surface area contributed by atoms with E-state index in [9.17, 15) is 4.79 Å². The van der Waals surface area contributed by atoms with Crippen molar-refractivity contribution in [1.29, 1.82) is 0 Å². The summed E-state index contributed by atoms with van der Waals surface area (Å²) in [5, 5.41) is 0. The van der Waals surface area contributed by atoms with Gasteiger partial charge in [-0.05, 0) is 0 Å². The number of hydrogen-bond donors (Lipinski definition) is 3. The molecule has 0 saturated heterocycles. The van der Waals surface area contributed by atoms with Crippen LogP contribution in [0.3, 0.4) is 0 Å². The summed E-state index contributed by atoms with van der Waals surface area (Å²) in [5.41, 5.74) is 6.60. The summed E-state index contributed by atoms with van der Waals surface area (Å²) >= 11 is 1.64. The molecule has 2 aromatic carbocycles. The third-order valence-corrected chi connectivity index (χ3v) is 3.39. The zero-order valence-electron chi connectivity index (χ0n) is 13.6. The molecule has 0 heterocycles. The van der Waals surface area contributed by atoms with E-state index in [4.69, 9.17) is 19.2 Å². The molecule has 23 heavy (non-hydrogen) atoms. The molecule has 0 saturated carbocycles. The molecule has 5 nitrogen and oxygen atoms in total. The van der Waals surface area contributed by atoms with Gasteiger partial charge in [-0.2, -0.15) is 0 Å². The van der Waals surface area contributed by atoms with Crippen LogP contribution in [-0.2, 0) is 4.57 Å². The van der Waals surface area contributed by atoms with Crippen LogP contribution in [0.1, 0.15) is 27.0 Å². The van der Waals surface area contributed by atoms with Crippen LogP contribution >= 0.6 is 7.82 Å². The van der Waals surface area contributed by atoms with Crippen molar-refractivity contribution < 1.29 is 24.0 Å². The predicted octanol–water partition coefficient (Wildman–Crippen LogP) is 2.66. The second-order valence-corrected chi connectivity index (χ2v) is 6.35. The fourth-order valence-corrected chi connectivity index (χ4v) is 2.78.